The Hall–Kier alpha value is -4.37. The second kappa shape index (κ2) is 11.1. The van der Waals surface area contributed by atoms with Gasteiger partial charge in [0.1, 0.15) is 17.5 Å². The van der Waals surface area contributed by atoms with Gasteiger partial charge >= 0.3 is 12.1 Å². The number of ether oxygens (including phenoxy) is 2. The zero-order valence-corrected chi connectivity index (χ0v) is 21.1. The molecule has 0 saturated heterocycles. The Morgan fingerprint density at radius 1 is 1.14 bits per heavy atom. The average molecular weight is 522 g/mol. The number of carbonyl (C=O) groups is 2. The Labute approximate surface area is 218 Å². The summed E-state index contributed by atoms with van der Waals surface area (Å²) >= 11 is 6.22. The van der Waals surface area contributed by atoms with Crippen LogP contribution in [0.25, 0.3) is 22.5 Å². The Morgan fingerprint density at radius 3 is 2.62 bits per heavy atom. The fraction of sp³-hybridized carbons (Fsp3) is 0.185. The lowest BCUT2D eigenvalue weighted by molar-refractivity contribution is -0.136. The van der Waals surface area contributed by atoms with Crippen LogP contribution in [-0.2, 0) is 16.0 Å². The van der Waals surface area contributed by atoms with Crippen molar-refractivity contribution in [3.8, 4) is 28.3 Å². The van der Waals surface area contributed by atoms with E-state index in [1.165, 1.54) is 13.3 Å². The van der Waals surface area contributed by atoms with Crippen molar-refractivity contribution in [1.82, 2.24) is 10.1 Å². The molecule has 0 radical (unpaired) electrons. The molecule has 4 aromatic rings. The number of pyridine rings is 1. The molecule has 1 unspecified atom stereocenters. The highest BCUT2D eigenvalue weighted by Crippen LogP contribution is 2.36. The van der Waals surface area contributed by atoms with Gasteiger partial charge in [-0.3, -0.25) is 10.1 Å². The summed E-state index contributed by atoms with van der Waals surface area (Å²) in [6, 6.07) is 16.1. The van der Waals surface area contributed by atoms with Gasteiger partial charge in [0.25, 0.3) is 0 Å². The molecule has 2 N–H and O–H groups in total. The van der Waals surface area contributed by atoms with E-state index in [4.69, 9.17) is 30.7 Å². The molecule has 2 heterocycles. The maximum Gasteiger partial charge on any atom is 0.412 e. The van der Waals surface area contributed by atoms with Crippen LogP contribution in [0.1, 0.15) is 29.8 Å². The molecule has 2 aromatic heterocycles. The Balaban J connectivity index is 1.61. The van der Waals surface area contributed by atoms with E-state index in [-0.39, 0.29) is 6.42 Å². The number of nitrogens with zero attached hydrogens (tertiary/aromatic N) is 2. The molecule has 37 heavy (non-hydrogen) atoms. The monoisotopic (exact) mass is 521 g/mol. The minimum Gasteiger partial charge on any atom is -0.481 e. The number of rotatable bonds is 8. The van der Waals surface area contributed by atoms with Gasteiger partial charge in [-0.25, -0.2) is 9.78 Å². The zero-order chi connectivity index (χ0) is 26.5. The van der Waals surface area contributed by atoms with Crippen molar-refractivity contribution in [3.63, 3.8) is 0 Å². The molecule has 190 valence electrons. The number of carboxylic acids is 1. The van der Waals surface area contributed by atoms with Gasteiger partial charge in [-0.2, -0.15) is 0 Å². The van der Waals surface area contributed by atoms with Crippen LogP contribution in [0.5, 0.6) is 5.88 Å². The average Bonchev–Trinajstić information content (AvgIpc) is 3.23. The van der Waals surface area contributed by atoms with E-state index in [1.54, 1.807) is 50.2 Å². The molecule has 0 aliphatic rings. The third-order valence-electron chi connectivity index (χ3n) is 5.61. The number of aromatic nitrogens is 2. The molecule has 0 aliphatic heterocycles. The first-order valence-corrected chi connectivity index (χ1v) is 11.7. The number of nitrogens with one attached hydrogen (secondary N) is 1. The summed E-state index contributed by atoms with van der Waals surface area (Å²) in [4.78, 5) is 28.1. The Kier molecular flexibility index (Phi) is 7.74. The third-order valence-corrected chi connectivity index (χ3v) is 5.95. The first-order chi connectivity index (χ1) is 17.8. The lowest BCUT2D eigenvalue weighted by atomic mass is 10.0. The molecule has 1 atom stereocenters. The topological polar surface area (TPSA) is 124 Å². The number of carbonyl (C=O) groups excluding carboxylic acids is 1. The molecule has 2 aromatic carbocycles. The van der Waals surface area contributed by atoms with Crippen LogP contribution in [-0.4, -0.2) is 34.4 Å². The number of anilines is 1. The van der Waals surface area contributed by atoms with Crippen molar-refractivity contribution in [2.24, 2.45) is 0 Å². The lowest BCUT2D eigenvalue weighted by Crippen LogP contribution is -2.17. The molecule has 0 spiro atoms. The summed E-state index contributed by atoms with van der Waals surface area (Å²) in [5.74, 6) is -0.291. The standard InChI is InChI=1S/C27H24ClN3O6/c1-15-24(30-27(34)36-16(2)20-9-4-5-10-22(20)28)25(37-31-15)19-8-6-7-18(13-19)21-11-17(12-23(32)33)14-29-26(21)35-3/h4-11,13-14,16H,12H2,1-3H3,(H,30,34)(H,32,33). The van der Waals surface area contributed by atoms with E-state index in [2.05, 4.69) is 15.5 Å². The summed E-state index contributed by atoms with van der Waals surface area (Å²) in [7, 11) is 1.49. The minimum absolute atomic E-state index is 0.173. The molecule has 0 aliphatic carbocycles. The number of benzene rings is 2. The van der Waals surface area contributed by atoms with Crippen molar-refractivity contribution < 1.29 is 28.7 Å². The molecule has 0 bridgehead atoms. The van der Waals surface area contributed by atoms with Crippen LogP contribution in [0.15, 0.2) is 65.3 Å². The van der Waals surface area contributed by atoms with Crippen molar-refractivity contribution in [3.05, 3.63) is 82.6 Å². The maximum absolute atomic E-state index is 12.7. The largest absolute Gasteiger partial charge is 0.481 e. The van der Waals surface area contributed by atoms with Gasteiger partial charge in [0.2, 0.25) is 5.88 Å². The van der Waals surface area contributed by atoms with Crippen molar-refractivity contribution in [2.45, 2.75) is 26.4 Å². The quantitative estimate of drug-likeness (QED) is 0.276. The van der Waals surface area contributed by atoms with Crippen molar-refractivity contribution in [2.75, 3.05) is 12.4 Å². The van der Waals surface area contributed by atoms with E-state index in [0.717, 1.165) is 0 Å². The van der Waals surface area contributed by atoms with Crippen LogP contribution >= 0.6 is 11.6 Å². The van der Waals surface area contributed by atoms with Gasteiger partial charge in [0.05, 0.1) is 13.5 Å². The number of amides is 1. The molecule has 0 fully saturated rings. The first kappa shape index (κ1) is 25.7. The van der Waals surface area contributed by atoms with Crippen molar-refractivity contribution >= 4 is 29.4 Å². The highest BCUT2D eigenvalue weighted by Gasteiger charge is 2.21. The van der Waals surface area contributed by atoms with Gasteiger partial charge in [-0.1, -0.05) is 53.2 Å². The van der Waals surface area contributed by atoms with Gasteiger partial charge in [0, 0.05) is 27.9 Å². The predicted molar refractivity (Wildman–Crippen MR) is 138 cm³/mol. The minimum atomic E-state index is -0.963. The Bertz CT molecular complexity index is 1450. The second-order valence-electron chi connectivity index (χ2n) is 8.22. The molecule has 1 amide bonds. The summed E-state index contributed by atoms with van der Waals surface area (Å²) < 4.78 is 16.5. The van der Waals surface area contributed by atoms with Gasteiger partial charge in [-0.05, 0) is 43.2 Å². The highest BCUT2D eigenvalue weighted by molar-refractivity contribution is 6.31. The molecular formula is C27H24ClN3O6. The van der Waals surface area contributed by atoms with Crippen molar-refractivity contribution in [1.29, 1.82) is 0 Å². The number of carboxylic acid groups (broad SMARTS) is 1. The van der Waals surface area contributed by atoms with Crippen LogP contribution in [0.2, 0.25) is 5.02 Å². The predicted octanol–water partition coefficient (Wildman–Crippen LogP) is 6.31. The second-order valence-corrected chi connectivity index (χ2v) is 8.63. The maximum atomic E-state index is 12.7. The van der Waals surface area contributed by atoms with E-state index >= 15 is 0 Å². The van der Waals surface area contributed by atoms with Crippen LogP contribution in [0, 0.1) is 6.92 Å². The number of hydrogen-bond donors (Lipinski definition) is 2. The highest BCUT2D eigenvalue weighted by atomic mass is 35.5. The molecule has 10 heteroatoms. The Morgan fingerprint density at radius 2 is 1.89 bits per heavy atom. The van der Waals surface area contributed by atoms with E-state index in [1.807, 2.05) is 18.2 Å². The smallest absolute Gasteiger partial charge is 0.412 e. The molecule has 4 rings (SSSR count). The van der Waals surface area contributed by atoms with E-state index in [0.29, 0.717) is 55.9 Å². The normalized spacial score (nSPS) is 11.6. The summed E-state index contributed by atoms with van der Waals surface area (Å²) in [6.07, 6.45) is 0.0209. The summed E-state index contributed by atoms with van der Waals surface area (Å²) in [6.45, 7) is 3.43. The SMILES string of the molecule is COc1ncc(CC(=O)O)cc1-c1cccc(-c2onc(C)c2NC(=O)OC(C)c2ccccc2Cl)c1. The fourth-order valence-electron chi connectivity index (χ4n) is 3.84. The van der Waals surface area contributed by atoms with E-state index < -0.39 is 18.2 Å². The number of aryl methyl sites for hydroxylation is 1. The van der Waals surface area contributed by atoms with Crippen LogP contribution in [0.3, 0.4) is 0 Å². The van der Waals surface area contributed by atoms with Gasteiger partial charge < -0.3 is 19.1 Å². The van der Waals surface area contributed by atoms with Crippen LogP contribution in [0.4, 0.5) is 10.5 Å². The number of halogens is 1. The molecule has 9 nitrogen and oxygen atoms in total. The van der Waals surface area contributed by atoms with E-state index in [9.17, 15) is 9.59 Å². The third kappa shape index (κ3) is 5.90. The summed E-state index contributed by atoms with van der Waals surface area (Å²) in [5, 5.41) is 16.4. The molecule has 0 saturated carbocycles. The lowest BCUT2D eigenvalue weighted by Gasteiger charge is -2.15. The van der Waals surface area contributed by atoms with Gasteiger partial charge in [0.15, 0.2) is 5.76 Å². The fourth-order valence-corrected chi connectivity index (χ4v) is 4.13. The van der Waals surface area contributed by atoms with Gasteiger partial charge in [-0.15, -0.1) is 0 Å². The number of methoxy groups -OCH3 is 1. The first-order valence-electron chi connectivity index (χ1n) is 11.3. The zero-order valence-electron chi connectivity index (χ0n) is 20.3. The molecular weight excluding hydrogens is 498 g/mol. The number of aliphatic carboxylic acids is 1. The summed E-state index contributed by atoms with van der Waals surface area (Å²) in [5.41, 5.74) is 3.98. The van der Waals surface area contributed by atoms with Crippen LogP contribution < -0.4 is 10.1 Å². The number of hydrogen-bond acceptors (Lipinski definition) is 7.